The lowest BCUT2D eigenvalue weighted by molar-refractivity contribution is -0.145. The molecular weight excluding hydrogens is 315 g/mol. The summed E-state index contributed by atoms with van der Waals surface area (Å²) in [6, 6.07) is 2.94. The fourth-order valence-electron chi connectivity index (χ4n) is 2.44. The van der Waals surface area contributed by atoms with E-state index in [1.807, 2.05) is 4.90 Å². The van der Waals surface area contributed by atoms with Crippen molar-refractivity contribution in [1.29, 1.82) is 0 Å². The van der Waals surface area contributed by atoms with Crippen LogP contribution < -0.4 is 0 Å². The maximum Gasteiger partial charge on any atom is 0.451 e. The monoisotopic (exact) mass is 327 g/mol. The van der Waals surface area contributed by atoms with Gasteiger partial charge in [-0.05, 0) is 12.1 Å². The van der Waals surface area contributed by atoms with Crippen LogP contribution in [0, 0.1) is 0 Å². The zero-order valence-electron chi connectivity index (χ0n) is 11.8. The first kappa shape index (κ1) is 15.5. The first-order chi connectivity index (χ1) is 10.8. The highest BCUT2D eigenvalue weighted by molar-refractivity contribution is 5.84. The average Bonchev–Trinajstić information content (AvgIpc) is 2.94. The molecule has 3 heterocycles. The first-order valence-electron chi connectivity index (χ1n) is 6.79. The summed E-state index contributed by atoms with van der Waals surface area (Å²) >= 11 is 0. The van der Waals surface area contributed by atoms with Gasteiger partial charge in [-0.3, -0.25) is 4.90 Å². The number of aromatic carboxylic acids is 1. The van der Waals surface area contributed by atoms with Crippen LogP contribution in [0.25, 0.3) is 0 Å². The summed E-state index contributed by atoms with van der Waals surface area (Å²) in [6.45, 7) is 1.26. The van der Waals surface area contributed by atoms with Crippen LogP contribution in [0.3, 0.4) is 0 Å². The lowest BCUT2D eigenvalue weighted by Crippen LogP contribution is -2.31. The number of halogens is 3. The van der Waals surface area contributed by atoms with Crippen molar-refractivity contribution in [3.8, 4) is 0 Å². The third kappa shape index (κ3) is 3.34. The number of hydrogen-bond donors (Lipinski definition) is 1. The van der Waals surface area contributed by atoms with Gasteiger partial charge in [-0.1, -0.05) is 0 Å². The Morgan fingerprint density at radius 1 is 1.39 bits per heavy atom. The van der Waals surface area contributed by atoms with E-state index in [1.165, 1.54) is 12.3 Å². The van der Waals surface area contributed by atoms with Crippen LogP contribution in [0.4, 0.5) is 13.2 Å². The van der Waals surface area contributed by atoms with Crippen LogP contribution >= 0.6 is 0 Å². The first-order valence-corrected chi connectivity index (χ1v) is 6.79. The molecule has 23 heavy (non-hydrogen) atoms. The predicted octanol–water partition coefficient (Wildman–Crippen LogP) is 2.34. The van der Waals surface area contributed by atoms with Gasteiger partial charge in [0, 0.05) is 31.3 Å². The highest BCUT2D eigenvalue weighted by Gasteiger charge is 2.35. The molecule has 0 saturated heterocycles. The third-order valence-electron chi connectivity index (χ3n) is 3.52. The van der Waals surface area contributed by atoms with Gasteiger partial charge in [0.05, 0.1) is 12.2 Å². The van der Waals surface area contributed by atoms with Crippen LogP contribution in [0.2, 0.25) is 0 Å². The molecule has 122 valence electrons. The summed E-state index contributed by atoms with van der Waals surface area (Å²) in [6.07, 6.45) is -2.98. The minimum atomic E-state index is -4.55. The summed E-state index contributed by atoms with van der Waals surface area (Å²) in [7, 11) is 0. The Balaban J connectivity index is 1.71. The Morgan fingerprint density at radius 3 is 2.83 bits per heavy atom. The molecule has 0 aliphatic carbocycles. The maximum atomic E-state index is 12.6. The Hall–Kier alpha value is -2.42. The second kappa shape index (κ2) is 5.65. The molecule has 6 nitrogen and oxygen atoms in total. The fourth-order valence-corrected chi connectivity index (χ4v) is 2.44. The van der Waals surface area contributed by atoms with E-state index in [2.05, 4.69) is 9.97 Å². The van der Waals surface area contributed by atoms with Crippen molar-refractivity contribution in [2.24, 2.45) is 0 Å². The zero-order chi connectivity index (χ0) is 16.6. The van der Waals surface area contributed by atoms with Crippen molar-refractivity contribution in [2.75, 3.05) is 6.54 Å². The largest absolute Gasteiger partial charge is 0.475 e. The van der Waals surface area contributed by atoms with E-state index in [9.17, 15) is 18.0 Å². The van der Waals surface area contributed by atoms with E-state index in [1.54, 1.807) is 6.07 Å². The summed E-state index contributed by atoms with van der Waals surface area (Å²) in [4.78, 5) is 19.7. The maximum absolute atomic E-state index is 12.6. The van der Waals surface area contributed by atoms with Gasteiger partial charge in [-0.2, -0.15) is 13.2 Å². The molecule has 0 radical (unpaired) electrons. The lowest BCUT2D eigenvalue weighted by Gasteiger charge is -2.27. The molecule has 0 aromatic carbocycles. The lowest BCUT2D eigenvalue weighted by atomic mass is 10.1. The fraction of sp³-hybridized carbons (Fsp3) is 0.357. The number of carbonyl (C=O) groups is 1. The van der Waals surface area contributed by atoms with Gasteiger partial charge >= 0.3 is 12.1 Å². The molecule has 0 unspecified atom stereocenters. The molecule has 2 aromatic heterocycles. The van der Waals surface area contributed by atoms with Gasteiger partial charge in [-0.15, -0.1) is 0 Å². The quantitative estimate of drug-likeness (QED) is 0.932. The molecule has 1 N–H and O–H groups in total. The van der Waals surface area contributed by atoms with Crippen molar-refractivity contribution in [2.45, 2.75) is 25.7 Å². The van der Waals surface area contributed by atoms with Gasteiger partial charge in [0.1, 0.15) is 5.76 Å². The summed E-state index contributed by atoms with van der Waals surface area (Å²) < 4.78 is 43.0. The zero-order valence-corrected chi connectivity index (χ0v) is 11.8. The molecule has 2 aromatic rings. The molecule has 0 spiro atoms. The van der Waals surface area contributed by atoms with Gasteiger partial charge in [0.2, 0.25) is 11.6 Å². The molecule has 1 aliphatic heterocycles. The topological polar surface area (TPSA) is 79.5 Å². The van der Waals surface area contributed by atoms with Gasteiger partial charge < -0.3 is 9.52 Å². The van der Waals surface area contributed by atoms with Crippen molar-refractivity contribution >= 4 is 5.97 Å². The van der Waals surface area contributed by atoms with Crippen LogP contribution in [-0.4, -0.2) is 32.5 Å². The summed E-state index contributed by atoms with van der Waals surface area (Å²) in [5, 5.41) is 8.81. The molecule has 0 bridgehead atoms. The van der Waals surface area contributed by atoms with E-state index < -0.39 is 18.0 Å². The molecule has 0 saturated carbocycles. The number of rotatable bonds is 3. The molecular formula is C14H12F3N3O3. The highest BCUT2D eigenvalue weighted by atomic mass is 19.4. The van der Waals surface area contributed by atoms with E-state index in [0.717, 1.165) is 0 Å². The smallest absolute Gasteiger partial charge is 0.451 e. The number of carboxylic acid groups (broad SMARTS) is 1. The molecule has 0 atom stereocenters. The van der Waals surface area contributed by atoms with Crippen LogP contribution in [-0.2, 0) is 25.7 Å². The molecule has 9 heteroatoms. The van der Waals surface area contributed by atoms with Crippen LogP contribution in [0.15, 0.2) is 22.7 Å². The minimum Gasteiger partial charge on any atom is -0.475 e. The van der Waals surface area contributed by atoms with Crippen molar-refractivity contribution in [3.63, 3.8) is 0 Å². The number of furan rings is 1. The number of nitrogens with zero attached hydrogens (tertiary/aromatic N) is 3. The molecule has 3 rings (SSSR count). The summed E-state index contributed by atoms with van der Waals surface area (Å²) in [5.41, 5.74) is 1.03. The van der Waals surface area contributed by atoms with Gasteiger partial charge in [-0.25, -0.2) is 14.8 Å². The third-order valence-corrected chi connectivity index (χ3v) is 3.52. The van der Waals surface area contributed by atoms with Crippen molar-refractivity contribution < 1.29 is 27.5 Å². The minimum absolute atomic E-state index is 0.143. The van der Waals surface area contributed by atoms with Crippen molar-refractivity contribution in [1.82, 2.24) is 14.9 Å². The normalized spacial score (nSPS) is 15.4. The Morgan fingerprint density at radius 2 is 2.17 bits per heavy atom. The van der Waals surface area contributed by atoms with Crippen LogP contribution in [0.5, 0.6) is 0 Å². The molecule has 0 amide bonds. The number of aromatic nitrogens is 2. The Kier molecular flexibility index (Phi) is 3.80. The number of fused-ring (bicyclic) bond motifs is 1. The van der Waals surface area contributed by atoms with E-state index in [4.69, 9.17) is 9.52 Å². The second-order valence-electron chi connectivity index (χ2n) is 5.20. The molecule has 1 aliphatic rings. The summed E-state index contributed by atoms with van der Waals surface area (Å²) in [5.74, 6) is -1.93. The SMILES string of the molecule is O=C(O)c1ccc(CN2CCc3nc(C(F)(F)F)ncc3C2)o1. The number of carboxylic acids is 1. The van der Waals surface area contributed by atoms with E-state index in [-0.39, 0.29) is 5.76 Å². The number of alkyl halides is 3. The van der Waals surface area contributed by atoms with Gasteiger partial charge in [0.25, 0.3) is 0 Å². The average molecular weight is 327 g/mol. The van der Waals surface area contributed by atoms with E-state index >= 15 is 0 Å². The standard InChI is InChI=1S/C14H12F3N3O3/c15-14(16,17)13-18-5-8-6-20(4-3-10(8)19-13)7-9-1-2-11(23-9)12(21)22/h1-2,5H,3-4,6-7H2,(H,21,22). The highest BCUT2D eigenvalue weighted by Crippen LogP contribution is 2.28. The molecule has 0 fully saturated rings. The predicted molar refractivity (Wildman–Crippen MR) is 70.5 cm³/mol. The van der Waals surface area contributed by atoms with Gasteiger partial charge in [0.15, 0.2) is 0 Å². The Labute approximate surface area is 128 Å². The Bertz CT molecular complexity index is 742. The van der Waals surface area contributed by atoms with Crippen molar-refractivity contribution in [3.05, 3.63) is 46.9 Å². The van der Waals surface area contributed by atoms with E-state index in [0.29, 0.717) is 43.1 Å². The second-order valence-corrected chi connectivity index (χ2v) is 5.20. The number of hydrogen-bond acceptors (Lipinski definition) is 5. The van der Waals surface area contributed by atoms with Crippen LogP contribution in [0.1, 0.15) is 33.4 Å².